The number of carbonyl (C=O) groups is 2. The molecule has 1 saturated heterocycles. The molecule has 0 unspecified atom stereocenters. The van der Waals surface area contributed by atoms with Crippen molar-refractivity contribution in [3.63, 3.8) is 0 Å². The van der Waals surface area contributed by atoms with Gasteiger partial charge in [0.25, 0.3) is 5.91 Å². The zero-order chi connectivity index (χ0) is 15.6. The average molecular weight is 292 g/mol. The number of piperidine rings is 1. The molecule has 1 aliphatic heterocycles. The van der Waals surface area contributed by atoms with Crippen LogP contribution >= 0.6 is 0 Å². The van der Waals surface area contributed by atoms with Gasteiger partial charge in [-0.2, -0.15) is 0 Å². The van der Waals surface area contributed by atoms with Crippen molar-refractivity contribution in [1.29, 1.82) is 0 Å². The third-order valence-electron chi connectivity index (χ3n) is 4.19. The van der Waals surface area contributed by atoms with Gasteiger partial charge in [-0.05, 0) is 25.7 Å². The number of aromatic nitrogens is 2. The first-order chi connectivity index (χ1) is 9.90. The molecule has 2 rings (SSSR count). The Kier molecular flexibility index (Phi) is 4.65. The largest absolute Gasteiger partial charge is 0.349 e. The van der Waals surface area contributed by atoms with Gasteiger partial charge in [-0.1, -0.05) is 0 Å². The van der Waals surface area contributed by atoms with E-state index in [1.165, 1.54) is 0 Å². The lowest BCUT2D eigenvalue weighted by Gasteiger charge is -2.32. The first-order valence-corrected chi connectivity index (χ1v) is 7.37. The fourth-order valence-electron chi connectivity index (χ4n) is 2.77. The SMILES string of the molecule is Cc1ncn(C)c1C(=O)N1CCC(CC(=O)N(C)C)CC1. The molecular weight excluding hydrogens is 268 g/mol. The van der Waals surface area contributed by atoms with Crippen LogP contribution in [0.5, 0.6) is 0 Å². The van der Waals surface area contributed by atoms with Crippen molar-refractivity contribution >= 4 is 11.8 Å². The molecule has 0 radical (unpaired) electrons. The number of amides is 2. The number of likely N-dealkylation sites (tertiary alicyclic amines) is 1. The number of rotatable bonds is 3. The van der Waals surface area contributed by atoms with Crippen molar-refractivity contribution < 1.29 is 9.59 Å². The second-order valence-corrected chi connectivity index (χ2v) is 6.02. The lowest BCUT2D eigenvalue weighted by atomic mass is 9.93. The molecule has 2 heterocycles. The molecule has 1 fully saturated rings. The molecule has 0 atom stereocenters. The van der Waals surface area contributed by atoms with Crippen LogP contribution in [0, 0.1) is 12.8 Å². The predicted molar refractivity (Wildman–Crippen MR) is 79.9 cm³/mol. The van der Waals surface area contributed by atoms with Crippen molar-refractivity contribution in [1.82, 2.24) is 19.4 Å². The maximum Gasteiger partial charge on any atom is 0.272 e. The lowest BCUT2D eigenvalue weighted by molar-refractivity contribution is -0.129. The summed E-state index contributed by atoms with van der Waals surface area (Å²) in [7, 11) is 5.41. The Hall–Kier alpha value is -1.85. The van der Waals surface area contributed by atoms with Crippen molar-refractivity contribution in [3.05, 3.63) is 17.7 Å². The van der Waals surface area contributed by atoms with E-state index in [4.69, 9.17) is 0 Å². The standard InChI is InChI=1S/C15H24N4O2/c1-11-14(18(4)10-16-11)15(21)19-7-5-12(6-8-19)9-13(20)17(2)3/h10,12H,5-9H2,1-4H3. The molecule has 6 nitrogen and oxygen atoms in total. The molecule has 1 aromatic rings. The molecular formula is C15H24N4O2. The summed E-state index contributed by atoms with van der Waals surface area (Å²) in [5.74, 6) is 0.601. The number of nitrogens with zero attached hydrogens (tertiary/aromatic N) is 4. The Balaban J connectivity index is 1.92. The van der Waals surface area contributed by atoms with Crippen LogP contribution in [0.1, 0.15) is 35.4 Å². The van der Waals surface area contributed by atoms with E-state index in [0.717, 1.165) is 31.6 Å². The number of aryl methyl sites for hydroxylation is 2. The molecule has 116 valence electrons. The Morgan fingerprint density at radius 2 is 1.95 bits per heavy atom. The van der Waals surface area contributed by atoms with Crippen LogP contribution in [-0.4, -0.2) is 58.4 Å². The summed E-state index contributed by atoms with van der Waals surface area (Å²) in [6.45, 7) is 3.29. The van der Waals surface area contributed by atoms with Crippen LogP contribution in [0.25, 0.3) is 0 Å². The van der Waals surface area contributed by atoms with E-state index in [2.05, 4.69) is 4.98 Å². The van der Waals surface area contributed by atoms with Gasteiger partial charge in [0.2, 0.25) is 5.91 Å². The van der Waals surface area contributed by atoms with E-state index in [0.29, 0.717) is 18.0 Å². The highest BCUT2D eigenvalue weighted by Gasteiger charge is 2.27. The maximum absolute atomic E-state index is 12.5. The summed E-state index contributed by atoms with van der Waals surface area (Å²) in [5.41, 5.74) is 1.44. The van der Waals surface area contributed by atoms with Gasteiger partial charge in [0.1, 0.15) is 5.69 Å². The summed E-state index contributed by atoms with van der Waals surface area (Å²) in [5, 5.41) is 0. The zero-order valence-electron chi connectivity index (χ0n) is 13.3. The Morgan fingerprint density at radius 1 is 1.33 bits per heavy atom. The smallest absolute Gasteiger partial charge is 0.272 e. The zero-order valence-corrected chi connectivity index (χ0v) is 13.3. The summed E-state index contributed by atoms with van der Waals surface area (Å²) in [6, 6.07) is 0. The first kappa shape index (κ1) is 15.5. The predicted octanol–water partition coefficient (Wildman–Crippen LogP) is 1.06. The van der Waals surface area contributed by atoms with Crippen LogP contribution in [0.3, 0.4) is 0 Å². The monoisotopic (exact) mass is 292 g/mol. The highest BCUT2D eigenvalue weighted by molar-refractivity contribution is 5.93. The van der Waals surface area contributed by atoms with E-state index in [9.17, 15) is 9.59 Å². The summed E-state index contributed by atoms with van der Waals surface area (Å²) >= 11 is 0. The molecule has 21 heavy (non-hydrogen) atoms. The number of carbonyl (C=O) groups excluding carboxylic acids is 2. The van der Waals surface area contributed by atoms with Gasteiger partial charge in [0.05, 0.1) is 12.0 Å². The van der Waals surface area contributed by atoms with Crippen molar-refractivity contribution in [2.75, 3.05) is 27.2 Å². The minimum absolute atomic E-state index is 0.0462. The van der Waals surface area contributed by atoms with Gasteiger partial charge < -0.3 is 14.4 Å². The van der Waals surface area contributed by atoms with Crippen molar-refractivity contribution in [2.45, 2.75) is 26.2 Å². The van der Waals surface area contributed by atoms with E-state index in [-0.39, 0.29) is 11.8 Å². The minimum Gasteiger partial charge on any atom is -0.349 e. The molecule has 0 bridgehead atoms. The Labute approximate surface area is 125 Å². The van der Waals surface area contributed by atoms with Crippen LogP contribution in [0.15, 0.2) is 6.33 Å². The van der Waals surface area contributed by atoms with E-state index in [1.807, 2.05) is 18.9 Å². The van der Waals surface area contributed by atoms with Crippen LogP contribution in [-0.2, 0) is 11.8 Å². The maximum atomic E-state index is 12.5. The van der Waals surface area contributed by atoms with Gasteiger partial charge in [0.15, 0.2) is 0 Å². The van der Waals surface area contributed by atoms with E-state index in [1.54, 1.807) is 29.9 Å². The van der Waals surface area contributed by atoms with Gasteiger partial charge in [-0.25, -0.2) is 4.98 Å². The molecule has 6 heteroatoms. The van der Waals surface area contributed by atoms with Gasteiger partial charge in [-0.15, -0.1) is 0 Å². The van der Waals surface area contributed by atoms with Crippen molar-refractivity contribution in [3.8, 4) is 0 Å². The second-order valence-electron chi connectivity index (χ2n) is 6.02. The van der Waals surface area contributed by atoms with Gasteiger partial charge in [-0.3, -0.25) is 9.59 Å². The fourth-order valence-corrected chi connectivity index (χ4v) is 2.77. The second kappa shape index (κ2) is 6.28. The fraction of sp³-hybridized carbons (Fsp3) is 0.667. The van der Waals surface area contributed by atoms with E-state index < -0.39 is 0 Å². The number of imidazole rings is 1. The molecule has 2 amide bonds. The quantitative estimate of drug-likeness (QED) is 0.837. The molecule has 1 aliphatic rings. The highest BCUT2D eigenvalue weighted by Crippen LogP contribution is 2.22. The molecule has 0 aliphatic carbocycles. The summed E-state index contributed by atoms with van der Waals surface area (Å²) < 4.78 is 1.78. The number of hydrogen-bond donors (Lipinski definition) is 0. The lowest BCUT2D eigenvalue weighted by Crippen LogP contribution is -2.40. The Bertz CT molecular complexity index is 508. The molecule has 0 aromatic carbocycles. The molecule has 1 aromatic heterocycles. The van der Waals surface area contributed by atoms with Crippen molar-refractivity contribution in [2.24, 2.45) is 13.0 Å². The Morgan fingerprint density at radius 3 is 2.43 bits per heavy atom. The molecule has 0 N–H and O–H groups in total. The van der Waals surface area contributed by atoms with Crippen LogP contribution in [0.2, 0.25) is 0 Å². The number of hydrogen-bond acceptors (Lipinski definition) is 3. The highest BCUT2D eigenvalue weighted by atomic mass is 16.2. The first-order valence-electron chi connectivity index (χ1n) is 7.37. The van der Waals surface area contributed by atoms with Crippen LogP contribution < -0.4 is 0 Å². The van der Waals surface area contributed by atoms with E-state index >= 15 is 0 Å². The average Bonchev–Trinajstić information content (AvgIpc) is 2.78. The third-order valence-corrected chi connectivity index (χ3v) is 4.19. The van der Waals surface area contributed by atoms with Gasteiger partial charge in [0, 0.05) is 40.7 Å². The molecule has 0 spiro atoms. The van der Waals surface area contributed by atoms with Gasteiger partial charge >= 0.3 is 0 Å². The topological polar surface area (TPSA) is 58.4 Å². The third kappa shape index (κ3) is 3.43. The molecule has 0 saturated carbocycles. The van der Waals surface area contributed by atoms with Crippen LogP contribution in [0.4, 0.5) is 0 Å². The normalized spacial score (nSPS) is 16.1. The minimum atomic E-state index is 0.0462. The summed E-state index contributed by atoms with van der Waals surface area (Å²) in [6.07, 6.45) is 4.04. The summed E-state index contributed by atoms with van der Waals surface area (Å²) in [4.78, 5) is 31.9.